The monoisotopic (exact) mass is 203 g/mol. The van der Waals surface area contributed by atoms with Crippen LogP contribution in [-0.2, 0) is 0 Å². The van der Waals surface area contributed by atoms with Crippen molar-refractivity contribution < 1.29 is 9.50 Å². The van der Waals surface area contributed by atoms with Crippen LogP contribution in [0.25, 0.3) is 0 Å². The summed E-state index contributed by atoms with van der Waals surface area (Å²) in [5.41, 5.74) is 6.02. The molecule has 0 spiro atoms. The van der Waals surface area contributed by atoms with Crippen LogP contribution in [0.3, 0.4) is 0 Å². The van der Waals surface area contributed by atoms with Gasteiger partial charge in [-0.3, -0.25) is 0 Å². The van der Waals surface area contributed by atoms with Crippen molar-refractivity contribution in [3.8, 4) is 0 Å². The lowest BCUT2D eigenvalue weighted by molar-refractivity contribution is 0.186. The summed E-state index contributed by atoms with van der Waals surface area (Å²) in [6.07, 6.45) is -0.854. The highest BCUT2D eigenvalue weighted by molar-refractivity contribution is 6.31. The van der Waals surface area contributed by atoms with Gasteiger partial charge in [0, 0.05) is 17.1 Å². The van der Waals surface area contributed by atoms with Crippen LogP contribution in [0.5, 0.6) is 0 Å². The Labute approximate surface area is 81.1 Å². The van der Waals surface area contributed by atoms with Crippen molar-refractivity contribution in [2.75, 3.05) is 6.54 Å². The van der Waals surface area contributed by atoms with Crippen molar-refractivity contribution in [3.05, 3.63) is 34.1 Å². The first-order chi connectivity index (χ1) is 6.06. The Hall–Kier alpha value is -0.640. The molecule has 0 aliphatic carbocycles. The van der Waals surface area contributed by atoms with Crippen LogP contribution in [0.1, 0.15) is 17.2 Å². The van der Waals surface area contributed by atoms with Crippen molar-refractivity contribution in [1.29, 1.82) is 0 Å². The van der Waals surface area contributed by atoms with Crippen LogP contribution in [-0.4, -0.2) is 11.7 Å². The van der Waals surface area contributed by atoms with E-state index >= 15 is 0 Å². The summed E-state index contributed by atoms with van der Waals surface area (Å²) >= 11 is 5.73. The van der Waals surface area contributed by atoms with Crippen LogP contribution in [0.4, 0.5) is 4.39 Å². The Morgan fingerprint density at radius 3 is 2.69 bits per heavy atom. The summed E-state index contributed by atoms with van der Waals surface area (Å²) < 4.78 is 13.1. The minimum Gasteiger partial charge on any atom is -0.387 e. The number of halogens is 2. The first kappa shape index (κ1) is 10.4. The molecule has 0 amide bonds. The molecule has 4 heteroatoms. The second-order valence-electron chi connectivity index (χ2n) is 2.86. The molecule has 1 aromatic rings. The van der Waals surface area contributed by atoms with E-state index in [0.717, 1.165) is 0 Å². The molecule has 0 saturated heterocycles. The molecule has 1 aromatic carbocycles. The van der Waals surface area contributed by atoms with Gasteiger partial charge in [0.15, 0.2) is 0 Å². The number of rotatable bonds is 2. The molecular weight excluding hydrogens is 193 g/mol. The Morgan fingerprint density at radius 2 is 2.23 bits per heavy atom. The number of hydrogen-bond acceptors (Lipinski definition) is 2. The third kappa shape index (κ3) is 2.18. The highest BCUT2D eigenvalue weighted by Crippen LogP contribution is 2.23. The Kier molecular flexibility index (Phi) is 3.25. The maximum Gasteiger partial charge on any atom is 0.127 e. The maximum absolute atomic E-state index is 13.1. The van der Waals surface area contributed by atoms with E-state index in [9.17, 15) is 9.50 Å². The van der Waals surface area contributed by atoms with Gasteiger partial charge in [0.25, 0.3) is 0 Å². The number of benzene rings is 1. The first-order valence-electron chi connectivity index (χ1n) is 3.90. The fourth-order valence-corrected chi connectivity index (χ4v) is 1.21. The van der Waals surface area contributed by atoms with Crippen LogP contribution >= 0.6 is 11.6 Å². The zero-order chi connectivity index (χ0) is 10.0. The van der Waals surface area contributed by atoms with E-state index in [1.165, 1.54) is 12.1 Å². The smallest absolute Gasteiger partial charge is 0.127 e. The van der Waals surface area contributed by atoms with E-state index < -0.39 is 11.9 Å². The largest absolute Gasteiger partial charge is 0.387 e. The van der Waals surface area contributed by atoms with Crippen molar-refractivity contribution in [2.45, 2.75) is 13.0 Å². The van der Waals surface area contributed by atoms with Crippen molar-refractivity contribution >= 4 is 11.6 Å². The quantitative estimate of drug-likeness (QED) is 0.770. The first-order valence-corrected chi connectivity index (χ1v) is 4.27. The summed E-state index contributed by atoms with van der Waals surface area (Å²) in [5.74, 6) is -0.421. The average molecular weight is 204 g/mol. The average Bonchev–Trinajstić information content (AvgIpc) is 2.12. The molecule has 0 bridgehead atoms. The van der Waals surface area contributed by atoms with Gasteiger partial charge < -0.3 is 10.8 Å². The topological polar surface area (TPSA) is 46.2 Å². The zero-order valence-corrected chi connectivity index (χ0v) is 7.98. The predicted octanol–water partition coefficient (Wildman–Crippen LogP) is 1.78. The van der Waals surface area contributed by atoms with E-state index in [4.69, 9.17) is 17.3 Å². The maximum atomic E-state index is 13.1. The van der Waals surface area contributed by atoms with Gasteiger partial charge in [0.05, 0.1) is 6.10 Å². The summed E-state index contributed by atoms with van der Waals surface area (Å²) in [5, 5.41) is 9.63. The molecule has 1 unspecified atom stereocenters. The van der Waals surface area contributed by atoms with E-state index in [0.29, 0.717) is 16.1 Å². The van der Waals surface area contributed by atoms with Crippen molar-refractivity contribution in [2.24, 2.45) is 5.73 Å². The van der Waals surface area contributed by atoms with E-state index in [-0.39, 0.29) is 6.54 Å². The lowest BCUT2D eigenvalue weighted by Gasteiger charge is -2.10. The second kappa shape index (κ2) is 4.05. The fraction of sp³-hybridized carbons (Fsp3) is 0.333. The molecule has 0 heterocycles. The highest BCUT2D eigenvalue weighted by atomic mass is 35.5. The Morgan fingerprint density at radius 1 is 1.62 bits per heavy atom. The molecule has 2 nitrogen and oxygen atoms in total. The SMILES string of the molecule is Cc1c(F)cc(C(O)CN)cc1Cl. The normalized spacial score (nSPS) is 13.0. The molecule has 13 heavy (non-hydrogen) atoms. The molecule has 0 aliphatic heterocycles. The summed E-state index contributed by atoms with van der Waals surface area (Å²) in [6, 6.07) is 2.77. The van der Waals surface area contributed by atoms with Crippen LogP contribution in [0, 0.1) is 12.7 Å². The number of aliphatic hydroxyl groups is 1. The molecule has 0 fully saturated rings. The molecule has 0 aromatic heterocycles. The van der Waals surface area contributed by atoms with Crippen LogP contribution in [0.15, 0.2) is 12.1 Å². The third-order valence-corrected chi connectivity index (χ3v) is 2.30. The molecule has 0 aliphatic rings. The van der Waals surface area contributed by atoms with Gasteiger partial charge in [-0.25, -0.2) is 4.39 Å². The van der Waals surface area contributed by atoms with Crippen molar-refractivity contribution in [3.63, 3.8) is 0 Å². The zero-order valence-electron chi connectivity index (χ0n) is 7.22. The molecule has 1 atom stereocenters. The molecule has 3 N–H and O–H groups in total. The van der Waals surface area contributed by atoms with Gasteiger partial charge >= 0.3 is 0 Å². The minimum absolute atomic E-state index is 0.0544. The highest BCUT2D eigenvalue weighted by Gasteiger charge is 2.10. The predicted molar refractivity (Wildman–Crippen MR) is 50.2 cm³/mol. The summed E-state index contributed by atoms with van der Waals surface area (Å²) in [6.45, 7) is 1.63. The summed E-state index contributed by atoms with van der Waals surface area (Å²) in [4.78, 5) is 0. The Bertz CT molecular complexity index is 293. The lowest BCUT2D eigenvalue weighted by Crippen LogP contribution is -2.11. The van der Waals surface area contributed by atoms with Gasteiger partial charge in [0.2, 0.25) is 0 Å². The van der Waals surface area contributed by atoms with E-state index in [1.54, 1.807) is 6.92 Å². The number of hydrogen-bond donors (Lipinski definition) is 2. The lowest BCUT2D eigenvalue weighted by atomic mass is 10.1. The Balaban J connectivity index is 3.13. The molecule has 0 radical (unpaired) electrons. The van der Waals surface area contributed by atoms with Crippen LogP contribution < -0.4 is 5.73 Å². The molecule has 1 rings (SSSR count). The van der Waals surface area contributed by atoms with Gasteiger partial charge in [-0.05, 0) is 24.6 Å². The minimum atomic E-state index is -0.854. The van der Waals surface area contributed by atoms with Gasteiger partial charge in [-0.15, -0.1) is 0 Å². The molecular formula is C9H11ClFNO. The van der Waals surface area contributed by atoms with E-state index in [1.807, 2.05) is 0 Å². The van der Waals surface area contributed by atoms with Gasteiger partial charge in [-0.2, -0.15) is 0 Å². The van der Waals surface area contributed by atoms with E-state index in [2.05, 4.69) is 0 Å². The van der Waals surface area contributed by atoms with Gasteiger partial charge in [0.1, 0.15) is 5.82 Å². The standard InChI is InChI=1S/C9H11ClFNO/c1-5-7(10)2-6(3-8(5)11)9(13)4-12/h2-3,9,13H,4,12H2,1H3. The van der Waals surface area contributed by atoms with Gasteiger partial charge in [-0.1, -0.05) is 11.6 Å². The molecule has 0 saturated carbocycles. The van der Waals surface area contributed by atoms with Crippen LogP contribution in [0.2, 0.25) is 5.02 Å². The fourth-order valence-electron chi connectivity index (χ4n) is 0.993. The van der Waals surface area contributed by atoms with Crippen molar-refractivity contribution in [1.82, 2.24) is 0 Å². The molecule has 72 valence electrons. The second-order valence-corrected chi connectivity index (χ2v) is 3.27. The summed E-state index contributed by atoms with van der Waals surface area (Å²) in [7, 11) is 0. The third-order valence-electron chi connectivity index (χ3n) is 1.91. The number of nitrogens with two attached hydrogens (primary N) is 1. The number of aliphatic hydroxyl groups excluding tert-OH is 1.